The van der Waals surface area contributed by atoms with E-state index in [1.54, 1.807) is 12.1 Å². The molecule has 4 rings (SSSR count). The molecule has 1 heterocycles. The van der Waals surface area contributed by atoms with Gasteiger partial charge in [0.05, 0.1) is 4.90 Å². The molecule has 0 fully saturated rings. The highest BCUT2D eigenvalue weighted by molar-refractivity contribution is 7.89. The Morgan fingerprint density at radius 3 is 2.68 bits per heavy atom. The van der Waals surface area contributed by atoms with Crippen molar-refractivity contribution in [3.05, 3.63) is 64.8 Å². The number of aromatic amines is 1. The van der Waals surface area contributed by atoms with Gasteiger partial charge in [0.1, 0.15) is 0 Å². The second kappa shape index (κ2) is 7.07. The third-order valence-electron chi connectivity index (χ3n) is 5.40. The Morgan fingerprint density at radius 2 is 1.96 bits per heavy atom. The predicted molar refractivity (Wildman–Crippen MR) is 108 cm³/mol. The summed E-state index contributed by atoms with van der Waals surface area (Å²) in [6, 6.07) is 11.9. The van der Waals surface area contributed by atoms with Gasteiger partial charge in [0.25, 0.3) is 5.91 Å². The number of carbonyl (C=O) groups excluding carboxylic acids is 1. The van der Waals surface area contributed by atoms with Crippen molar-refractivity contribution in [3.8, 4) is 0 Å². The lowest BCUT2D eigenvalue weighted by molar-refractivity contribution is 0.0951. The van der Waals surface area contributed by atoms with Crippen molar-refractivity contribution in [3.63, 3.8) is 0 Å². The van der Waals surface area contributed by atoms with E-state index in [2.05, 4.69) is 17.2 Å². The highest BCUT2D eigenvalue weighted by Gasteiger charge is 2.20. The lowest BCUT2D eigenvalue weighted by Gasteiger charge is -2.18. The van der Waals surface area contributed by atoms with Crippen molar-refractivity contribution in [1.29, 1.82) is 0 Å². The molecule has 0 saturated carbocycles. The van der Waals surface area contributed by atoms with Crippen LogP contribution in [-0.4, -0.2) is 19.3 Å². The van der Waals surface area contributed by atoms with E-state index in [9.17, 15) is 13.2 Å². The van der Waals surface area contributed by atoms with E-state index in [0.717, 1.165) is 29.3 Å². The molecule has 0 unspecified atom stereocenters. The molecule has 1 aromatic heterocycles. The van der Waals surface area contributed by atoms with Gasteiger partial charge in [-0.2, -0.15) is 0 Å². The van der Waals surface area contributed by atoms with Gasteiger partial charge in [0.2, 0.25) is 10.0 Å². The van der Waals surface area contributed by atoms with E-state index in [-0.39, 0.29) is 10.8 Å². The summed E-state index contributed by atoms with van der Waals surface area (Å²) >= 11 is 0. The summed E-state index contributed by atoms with van der Waals surface area (Å²) in [5.74, 6) is 0.500. The zero-order valence-corrected chi connectivity index (χ0v) is 16.5. The van der Waals surface area contributed by atoms with E-state index in [4.69, 9.17) is 5.14 Å². The normalized spacial score (nSPS) is 16.7. The molecule has 0 spiro atoms. The molecule has 3 aromatic rings. The quantitative estimate of drug-likeness (QED) is 0.630. The lowest BCUT2D eigenvalue weighted by atomic mass is 9.87. The van der Waals surface area contributed by atoms with E-state index in [0.29, 0.717) is 18.0 Å². The second-order valence-electron chi connectivity index (χ2n) is 7.56. The van der Waals surface area contributed by atoms with Crippen LogP contribution in [0.4, 0.5) is 0 Å². The number of hydrogen-bond acceptors (Lipinski definition) is 3. The fourth-order valence-corrected chi connectivity index (χ4v) is 4.33. The monoisotopic (exact) mass is 397 g/mol. The number of nitrogens with two attached hydrogens (primary N) is 1. The van der Waals surface area contributed by atoms with Gasteiger partial charge in [0.15, 0.2) is 0 Å². The number of fused-ring (bicyclic) bond motifs is 3. The summed E-state index contributed by atoms with van der Waals surface area (Å²) in [4.78, 5) is 16.1. The number of aromatic nitrogens is 1. The minimum atomic E-state index is -3.71. The van der Waals surface area contributed by atoms with Gasteiger partial charge < -0.3 is 10.3 Å². The standard InChI is InChI=1S/C21H23N3O3S/c1-13-2-8-19-17(10-13)18-11-15(5-9-20(18)24-19)21(25)23-12-14-3-6-16(7-4-14)28(22,26)27/h3-7,9,11,13,24H,2,8,10,12H2,1H3,(H,23,25)(H2,22,26,27)/t13-/m0/s1. The summed E-state index contributed by atoms with van der Waals surface area (Å²) < 4.78 is 22.6. The highest BCUT2D eigenvalue weighted by Crippen LogP contribution is 2.32. The van der Waals surface area contributed by atoms with Crippen molar-refractivity contribution >= 4 is 26.8 Å². The van der Waals surface area contributed by atoms with Crippen LogP contribution in [0, 0.1) is 5.92 Å². The Bertz CT molecular complexity index is 1150. The molecular weight excluding hydrogens is 374 g/mol. The summed E-state index contributed by atoms with van der Waals surface area (Å²) in [6.45, 7) is 2.57. The summed E-state index contributed by atoms with van der Waals surface area (Å²) in [6.07, 6.45) is 3.29. The summed E-state index contributed by atoms with van der Waals surface area (Å²) in [7, 11) is -3.71. The molecule has 2 aromatic carbocycles. The fraction of sp³-hybridized carbons (Fsp3) is 0.286. The number of carbonyl (C=O) groups is 1. The van der Waals surface area contributed by atoms with Gasteiger partial charge in [-0.15, -0.1) is 0 Å². The summed E-state index contributed by atoms with van der Waals surface area (Å²) in [5.41, 5.74) is 5.13. The lowest BCUT2D eigenvalue weighted by Crippen LogP contribution is -2.22. The van der Waals surface area contributed by atoms with Crippen molar-refractivity contribution in [2.75, 3.05) is 0 Å². The van der Waals surface area contributed by atoms with Gasteiger partial charge in [-0.1, -0.05) is 19.1 Å². The molecule has 1 aliphatic rings. The van der Waals surface area contributed by atoms with Crippen LogP contribution in [0.3, 0.4) is 0 Å². The van der Waals surface area contributed by atoms with Crippen LogP contribution >= 0.6 is 0 Å². The van der Waals surface area contributed by atoms with E-state index >= 15 is 0 Å². The third kappa shape index (κ3) is 3.68. The minimum absolute atomic E-state index is 0.0551. The Balaban J connectivity index is 1.50. The molecule has 146 valence electrons. The largest absolute Gasteiger partial charge is 0.358 e. The van der Waals surface area contributed by atoms with Crippen molar-refractivity contribution in [2.45, 2.75) is 37.6 Å². The smallest absolute Gasteiger partial charge is 0.251 e. The topological polar surface area (TPSA) is 105 Å². The maximum atomic E-state index is 12.6. The number of aryl methyl sites for hydroxylation is 1. The first-order chi connectivity index (χ1) is 13.3. The van der Waals surface area contributed by atoms with E-state index in [1.807, 2.05) is 18.2 Å². The van der Waals surface area contributed by atoms with Gasteiger partial charge in [-0.3, -0.25) is 4.79 Å². The van der Waals surface area contributed by atoms with Crippen molar-refractivity contribution in [1.82, 2.24) is 10.3 Å². The maximum absolute atomic E-state index is 12.6. The van der Waals surface area contributed by atoms with Crippen LogP contribution in [0.15, 0.2) is 47.4 Å². The average Bonchev–Trinajstić information content (AvgIpc) is 3.03. The molecule has 1 aliphatic carbocycles. The van der Waals surface area contributed by atoms with E-state index in [1.165, 1.54) is 29.8 Å². The van der Waals surface area contributed by atoms with Gasteiger partial charge in [-0.05, 0) is 66.6 Å². The third-order valence-corrected chi connectivity index (χ3v) is 6.33. The Kier molecular flexibility index (Phi) is 4.72. The number of amides is 1. The minimum Gasteiger partial charge on any atom is -0.358 e. The number of primary sulfonamides is 1. The number of benzene rings is 2. The molecule has 0 aliphatic heterocycles. The zero-order chi connectivity index (χ0) is 19.9. The number of hydrogen-bond donors (Lipinski definition) is 3. The zero-order valence-electron chi connectivity index (χ0n) is 15.7. The number of H-pyrrole nitrogens is 1. The van der Waals surface area contributed by atoms with Gasteiger partial charge in [0, 0.05) is 28.7 Å². The Morgan fingerprint density at radius 1 is 1.21 bits per heavy atom. The van der Waals surface area contributed by atoms with Crippen LogP contribution in [0.5, 0.6) is 0 Å². The molecule has 7 heteroatoms. The first-order valence-corrected chi connectivity index (χ1v) is 10.9. The van der Waals surface area contributed by atoms with Crippen LogP contribution in [-0.2, 0) is 29.4 Å². The van der Waals surface area contributed by atoms with E-state index < -0.39 is 10.0 Å². The number of sulfonamides is 1. The number of rotatable bonds is 4. The second-order valence-corrected chi connectivity index (χ2v) is 9.12. The van der Waals surface area contributed by atoms with Gasteiger partial charge in [-0.25, -0.2) is 13.6 Å². The Labute approximate surface area is 164 Å². The SMILES string of the molecule is C[C@H]1CCc2[nH]c3ccc(C(=O)NCc4ccc(S(N)(=O)=O)cc4)cc3c2C1. The van der Waals surface area contributed by atoms with Crippen molar-refractivity contribution < 1.29 is 13.2 Å². The molecular formula is C21H23N3O3S. The molecule has 0 bridgehead atoms. The summed E-state index contributed by atoms with van der Waals surface area (Å²) in [5, 5.41) is 9.12. The number of nitrogens with one attached hydrogen (secondary N) is 2. The van der Waals surface area contributed by atoms with Crippen LogP contribution in [0.25, 0.3) is 10.9 Å². The van der Waals surface area contributed by atoms with Crippen LogP contribution < -0.4 is 10.5 Å². The van der Waals surface area contributed by atoms with Crippen LogP contribution in [0.2, 0.25) is 0 Å². The van der Waals surface area contributed by atoms with Crippen LogP contribution in [0.1, 0.15) is 40.5 Å². The highest BCUT2D eigenvalue weighted by atomic mass is 32.2. The average molecular weight is 398 g/mol. The molecule has 1 amide bonds. The first-order valence-electron chi connectivity index (χ1n) is 9.34. The molecule has 1 atom stereocenters. The molecule has 28 heavy (non-hydrogen) atoms. The molecule has 4 N–H and O–H groups in total. The fourth-order valence-electron chi connectivity index (χ4n) is 3.81. The maximum Gasteiger partial charge on any atom is 0.251 e. The van der Waals surface area contributed by atoms with Gasteiger partial charge >= 0.3 is 0 Å². The first kappa shape index (κ1) is 18.7. The molecule has 0 saturated heterocycles. The molecule has 0 radical (unpaired) electrons. The van der Waals surface area contributed by atoms with Crippen molar-refractivity contribution in [2.24, 2.45) is 11.1 Å². The predicted octanol–water partition coefficient (Wildman–Crippen LogP) is 2.87. The Hall–Kier alpha value is -2.64. The molecule has 6 nitrogen and oxygen atoms in total.